The molecule has 0 bridgehead atoms. The maximum absolute atomic E-state index is 13.0. The molecule has 2 aliphatic heterocycles. The van der Waals surface area contributed by atoms with Gasteiger partial charge < -0.3 is 19.4 Å². The van der Waals surface area contributed by atoms with Gasteiger partial charge in [-0.2, -0.15) is 0 Å². The van der Waals surface area contributed by atoms with Crippen LogP contribution < -0.4 is 9.64 Å². The molecule has 2 fully saturated rings. The number of aromatic nitrogens is 1. The largest absolute Gasteiger partial charge is 0.484 e. The SMILES string of the molecule is CC1CCCC(C)N1C(=O)COc1ccc(C(=O)N2CCCN(c3nccs3)CC2)cc1. The minimum atomic E-state index is 0.0270. The molecule has 32 heavy (non-hydrogen) atoms. The summed E-state index contributed by atoms with van der Waals surface area (Å²) in [6, 6.07) is 7.66. The van der Waals surface area contributed by atoms with Gasteiger partial charge in [-0.15, -0.1) is 11.3 Å². The zero-order valence-corrected chi connectivity index (χ0v) is 19.7. The number of ether oxygens (including phenoxy) is 1. The van der Waals surface area contributed by atoms with Crippen LogP contribution in [0.1, 0.15) is 49.9 Å². The molecule has 2 atom stereocenters. The fourth-order valence-corrected chi connectivity index (χ4v) is 5.39. The highest BCUT2D eigenvalue weighted by atomic mass is 32.1. The molecule has 0 radical (unpaired) electrons. The highest BCUT2D eigenvalue weighted by Gasteiger charge is 2.29. The summed E-state index contributed by atoms with van der Waals surface area (Å²) < 4.78 is 5.74. The van der Waals surface area contributed by atoms with Gasteiger partial charge in [-0.05, 0) is 63.8 Å². The van der Waals surface area contributed by atoms with Gasteiger partial charge in [-0.25, -0.2) is 4.98 Å². The molecule has 3 heterocycles. The van der Waals surface area contributed by atoms with Crippen molar-refractivity contribution < 1.29 is 14.3 Å². The monoisotopic (exact) mass is 456 g/mol. The number of hydrogen-bond donors (Lipinski definition) is 0. The molecule has 0 N–H and O–H groups in total. The number of carbonyl (C=O) groups excluding carboxylic acids is 2. The lowest BCUT2D eigenvalue weighted by Crippen LogP contribution is -2.49. The molecule has 2 unspecified atom stereocenters. The smallest absolute Gasteiger partial charge is 0.260 e. The molecule has 2 saturated heterocycles. The van der Waals surface area contributed by atoms with E-state index in [1.807, 2.05) is 21.4 Å². The lowest BCUT2D eigenvalue weighted by Gasteiger charge is -2.38. The fraction of sp³-hybridized carbons (Fsp3) is 0.542. The van der Waals surface area contributed by atoms with Crippen molar-refractivity contribution in [1.82, 2.24) is 14.8 Å². The number of anilines is 1. The van der Waals surface area contributed by atoms with E-state index in [9.17, 15) is 9.59 Å². The van der Waals surface area contributed by atoms with Gasteiger partial charge in [0.05, 0.1) is 0 Å². The Morgan fingerprint density at radius 2 is 1.78 bits per heavy atom. The third kappa shape index (κ3) is 5.23. The average Bonchev–Trinajstić information content (AvgIpc) is 3.22. The van der Waals surface area contributed by atoms with E-state index in [0.717, 1.165) is 44.0 Å². The van der Waals surface area contributed by atoms with Crippen molar-refractivity contribution in [2.75, 3.05) is 37.7 Å². The number of nitrogens with zero attached hydrogens (tertiary/aromatic N) is 4. The molecular weight excluding hydrogens is 424 g/mol. The molecule has 0 saturated carbocycles. The summed E-state index contributed by atoms with van der Waals surface area (Å²) in [5.74, 6) is 0.668. The summed E-state index contributed by atoms with van der Waals surface area (Å²) in [4.78, 5) is 36.1. The highest BCUT2D eigenvalue weighted by molar-refractivity contribution is 7.13. The molecule has 1 aromatic heterocycles. The standard InChI is InChI=1S/C24H32N4O3S/c1-18-5-3-6-19(2)28(18)22(29)17-31-21-9-7-20(8-10-21)23(30)26-12-4-13-27(15-14-26)24-25-11-16-32-24/h7-11,16,18-19H,3-6,12-15,17H2,1-2H3. The van der Waals surface area contributed by atoms with Gasteiger partial charge in [0, 0.05) is 55.4 Å². The normalized spacial score (nSPS) is 21.9. The second-order valence-corrected chi connectivity index (χ2v) is 9.56. The number of amides is 2. The second-order valence-electron chi connectivity index (χ2n) is 8.69. The quantitative estimate of drug-likeness (QED) is 0.687. The maximum Gasteiger partial charge on any atom is 0.260 e. The zero-order valence-electron chi connectivity index (χ0n) is 18.9. The molecule has 8 heteroatoms. The van der Waals surface area contributed by atoms with Crippen molar-refractivity contribution in [3.63, 3.8) is 0 Å². The van der Waals surface area contributed by atoms with E-state index in [2.05, 4.69) is 23.7 Å². The number of rotatable bonds is 5. The van der Waals surface area contributed by atoms with E-state index in [0.29, 0.717) is 17.9 Å². The number of likely N-dealkylation sites (tertiary alicyclic amines) is 1. The Bertz CT molecular complexity index is 892. The summed E-state index contributed by atoms with van der Waals surface area (Å²) in [5.41, 5.74) is 0.643. The van der Waals surface area contributed by atoms with Gasteiger partial charge in [0.25, 0.3) is 11.8 Å². The van der Waals surface area contributed by atoms with Gasteiger partial charge in [0.15, 0.2) is 11.7 Å². The first kappa shape index (κ1) is 22.6. The predicted octanol–water partition coefficient (Wildman–Crippen LogP) is 3.66. The van der Waals surface area contributed by atoms with E-state index in [1.165, 1.54) is 6.42 Å². The second kappa shape index (κ2) is 10.3. The number of hydrogen-bond acceptors (Lipinski definition) is 6. The lowest BCUT2D eigenvalue weighted by atomic mass is 9.97. The number of benzene rings is 1. The van der Waals surface area contributed by atoms with Crippen molar-refractivity contribution in [3.05, 3.63) is 41.4 Å². The van der Waals surface area contributed by atoms with E-state index >= 15 is 0 Å². The Labute approximate surface area is 194 Å². The Morgan fingerprint density at radius 3 is 2.47 bits per heavy atom. The van der Waals surface area contributed by atoms with Crippen LogP contribution in [0.25, 0.3) is 0 Å². The molecule has 4 rings (SSSR count). The van der Waals surface area contributed by atoms with Crippen molar-refractivity contribution in [3.8, 4) is 5.75 Å². The topological polar surface area (TPSA) is 66.0 Å². The van der Waals surface area contributed by atoms with Gasteiger partial charge in [0.2, 0.25) is 0 Å². The van der Waals surface area contributed by atoms with Crippen LogP contribution in [0.4, 0.5) is 5.13 Å². The van der Waals surface area contributed by atoms with Crippen LogP contribution in [0.15, 0.2) is 35.8 Å². The van der Waals surface area contributed by atoms with Gasteiger partial charge >= 0.3 is 0 Å². The van der Waals surface area contributed by atoms with Crippen molar-refractivity contribution in [1.29, 1.82) is 0 Å². The van der Waals surface area contributed by atoms with Crippen molar-refractivity contribution >= 4 is 28.3 Å². The highest BCUT2D eigenvalue weighted by Crippen LogP contribution is 2.23. The van der Waals surface area contributed by atoms with Crippen LogP contribution in [-0.2, 0) is 4.79 Å². The minimum absolute atomic E-state index is 0.0270. The van der Waals surface area contributed by atoms with E-state index < -0.39 is 0 Å². The maximum atomic E-state index is 13.0. The third-order valence-electron chi connectivity index (χ3n) is 6.42. The lowest BCUT2D eigenvalue weighted by molar-refractivity contribution is -0.139. The van der Waals surface area contributed by atoms with Gasteiger partial charge in [-0.3, -0.25) is 9.59 Å². The summed E-state index contributed by atoms with van der Waals surface area (Å²) in [6.07, 6.45) is 6.00. The summed E-state index contributed by atoms with van der Waals surface area (Å²) in [6.45, 7) is 7.35. The predicted molar refractivity (Wildman–Crippen MR) is 126 cm³/mol. The Morgan fingerprint density at radius 1 is 1.03 bits per heavy atom. The van der Waals surface area contributed by atoms with E-state index in [4.69, 9.17) is 4.74 Å². The molecule has 2 amide bonds. The molecule has 2 aromatic rings. The Kier molecular flexibility index (Phi) is 7.29. The Hall–Kier alpha value is -2.61. The Balaban J connectivity index is 1.30. The van der Waals surface area contributed by atoms with Crippen molar-refractivity contribution in [2.45, 2.75) is 51.6 Å². The van der Waals surface area contributed by atoms with Crippen LogP contribution in [-0.4, -0.2) is 71.5 Å². The molecular formula is C24H32N4O3S. The van der Waals surface area contributed by atoms with Crippen LogP contribution in [0.3, 0.4) is 0 Å². The zero-order chi connectivity index (χ0) is 22.5. The van der Waals surface area contributed by atoms with E-state index in [1.54, 1.807) is 35.6 Å². The minimum Gasteiger partial charge on any atom is -0.484 e. The van der Waals surface area contributed by atoms with Crippen LogP contribution in [0.5, 0.6) is 5.75 Å². The average molecular weight is 457 g/mol. The molecule has 172 valence electrons. The number of thiazole rings is 1. The molecule has 2 aliphatic rings. The molecule has 7 nitrogen and oxygen atoms in total. The van der Waals surface area contributed by atoms with Crippen molar-refractivity contribution in [2.24, 2.45) is 0 Å². The molecule has 0 aliphatic carbocycles. The van der Waals surface area contributed by atoms with Crippen LogP contribution in [0.2, 0.25) is 0 Å². The number of piperidine rings is 1. The third-order valence-corrected chi connectivity index (χ3v) is 7.25. The van der Waals surface area contributed by atoms with Crippen LogP contribution in [0, 0.1) is 0 Å². The molecule has 1 aromatic carbocycles. The van der Waals surface area contributed by atoms with E-state index in [-0.39, 0.29) is 30.5 Å². The summed E-state index contributed by atoms with van der Waals surface area (Å²) in [7, 11) is 0. The first-order chi connectivity index (χ1) is 15.5. The van der Waals surface area contributed by atoms with Crippen LogP contribution >= 0.6 is 11.3 Å². The number of carbonyl (C=O) groups is 2. The summed E-state index contributed by atoms with van der Waals surface area (Å²) >= 11 is 1.63. The van der Waals surface area contributed by atoms with Gasteiger partial charge in [0.1, 0.15) is 5.75 Å². The first-order valence-corrected chi connectivity index (χ1v) is 12.4. The first-order valence-electron chi connectivity index (χ1n) is 11.5. The summed E-state index contributed by atoms with van der Waals surface area (Å²) in [5, 5.41) is 3.00. The van der Waals surface area contributed by atoms with Gasteiger partial charge in [-0.1, -0.05) is 0 Å². The fourth-order valence-electron chi connectivity index (χ4n) is 4.69. The molecule has 0 spiro atoms.